The number of nitrogens with zero attached hydrogens (tertiary/aromatic N) is 1. The number of non-ortho nitro benzene ring substituents is 1. The van der Waals surface area contributed by atoms with Crippen LogP contribution in [0.3, 0.4) is 0 Å². The molecule has 0 bridgehead atoms. The van der Waals surface area contributed by atoms with Crippen LogP contribution in [-0.4, -0.2) is 36.0 Å². The van der Waals surface area contributed by atoms with Crippen LogP contribution in [0.1, 0.15) is 25.7 Å². The Kier molecular flexibility index (Phi) is 4.44. The van der Waals surface area contributed by atoms with E-state index in [1.54, 1.807) is 6.07 Å². The average Bonchev–Trinajstić information content (AvgIpc) is 2.99. The maximum absolute atomic E-state index is 12.2. The number of benzene rings is 1. The summed E-state index contributed by atoms with van der Waals surface area (Å²) in [6.45, 7) is 1.06. The number of hydrogen-bond acceptors (Lipinski definition) is 5. The van der Waals surface area contributed by atoms with Crippen molar-refractivity contribution in [2.75, 3.05) is 18.5 Å². The van der Waals surface area contributed by atoms with Gasteiger partial charge in [0.15, 0.2) is 5.79 Å². The fraction of sp³-hybridized carbons (Fsp3) is 0.533. The fourth-order valence-electron chi connectivity index (χ4n) is 3.13. The molecule has 0 aromatic heterocycles. The van der Waals surface area contributed by atoms with Gasteiger partial charge in [0.25, 0.3) is 5.69 Å². The zero-order valence-electron chi connectivity index (χ0n) is 12.6. The number of amides is 2. The molecule has 0 radical (unpaired) electrons. The fourth-order valence-corrected chi connectivity index (χ4v) is 3.13. The second-order valence-electron chi connectivity index (χ2n) is 5.71. The van der Waals surface area contributed by atoms with Crippen LogP contribution in [-0.2, 0) is 9.47 Å². The van der Waals surface area contributed by atoms with E-state index in [1.165, 1.54) is 18.2 Å². The minimum atomic E-state index is -0.724. The van der Waals surface area contributed by atoms with Crippen LogP contribution in [0.25, 0.3) is 0 Å². The molecule has 2 amide bonds. The van der Waals surface area contributed by atoms with Crippen LogP contribution in [0.4, 0.5) is 16.2 Å². The summed E-state index contributed by atoms with van der Waals surface area (Å²) in [6.07, 6.45) is 3.54. The minimum absolute atomic E-state index is 0.0700. The second-order valence-corrected chi connectivity index (χ2v) is 5.71. The number of nitrogens with one attached hydrogen (secondary N) is 2. The molecular weight excluding hydrogens is 302 g/mol. The second kappa shape index (κ2) is 6.51. The van der Waals surface area contributed by atoms with Crippen LogP contribution in [0.15, 0.2) is 24.3 Å². The molecule has 1 aliphatic heterocycles. The molecule has 1 aromatic carbocycles. The van der Waals surface area contributed by atoms with Crippen LogP contribution in [0.2, 0.25) is 0 Å². The van der Waals surface area contributed by atoms with E-state index in [2.05, 4.69) is 10.6 Å². The zero-order chi connectivity index (χ0) is 16.3. The lowest BCUT2D eigenvalue weighted by Gasteiger charge is -2.39. The third kappa shape index (κ3) is 3.43. The number of rotatable bonds is 3. The molecule has 1 atom stereocenters. The maximum Gasteiger partial charge on any atom is 0.319 e. The van der Waals surface area contributed by atoms with E-state index in [4.69, 9.17) is 9.47 Å². The quantitative estimate of drug-likeness (QED) is 0.657. The monoisotopic (exact) mass is 321 g/mol. The van der Waals surface area contributed by atoms with Crippen LogP contribution in [0, 0.1) is 10.1 Å². The van der Waals surface area contributed by atoms with Crippen molar-refractivity contribution in [1.29, 1.82) is 0 Å². The molecule has 8 nitrogen and oxygen atoms in total. The van der Waals surface area contributed by atoms with Gasteiger partial charge in [0.1, 0.15) is 0 Å². The van der Waals surface area contributed by atoms with Gasteiger partial charge in [-0.1, -0.05) is 12.5 Å². The molecule has 1 saturated carbocycles. The summed E-state index contributed by atoms with van der Waals surface area (Å²) in [5, 5.41) is 16.3. The van der Waals surface area contributed by atoms with Gasteiger partial charge in [0.2, 0.25) is 0 Å². The first-order valence-electron chi connectivity index (χ1n) is 7.69. The Bertz CT molecular complexity index is 601. The number of nitro groups is 1. The van der Waals surface area contributed by atoms with Crippen LogP contribution < -0.4 is 10.6 Å². The number of anilines is 1. The van der Waals surface area contributed by atoms with Crippen molar-refractivity contribution >= 4 is 17.4 Å². The molecule has 2 aliphatic rings. The Hall–Kier alpha value is -2.19. The molecule has 124 valence electrons. The normalized spacial score (nSPS) is 22.7. The largest absolute Gasteiger partial charge is 0.346 e. The zero-order valence-corrected chi connectivity index (χ0v) is 12.6. The van der Waals surface area contributed by atoms with Crippen molar-refractivity contribution in [1.82, 2.24) is 5.32 Å². The summed E-state index contributed by atoms with van der Waals surface area (Å²) in [7, 11) is 0. The molecule has 1 aliphatic carbocycles. The number of carbonyl (C=O) groups is 1. The third-order valence-corrected chi connectivity index (χ3v) is 4.20. The summed E-state index contributed by atoms with van der Waals surface area (Å²) in [6, 6.07) is 5.18. The van der Waals surface area contributed by atoms with Crippen molar-refractivity contribution in [3.8, 4) is 0 Å². The van der Waals surface area contributed by atoms with E-state index >= 15 is 0 Å². The predicted molar refractivity (Wildman–Crippen MR) is 82.1 cm³/mol. The van der Waals surface area contributed by atoms with Gasteiger partial charge >= 0.3 is 6.03 Å². The summed E-state index contributed by atoms with van der Waals surface area (Å²) in [4.78, 5) is 22.5. The molecule has 3 rings (SSSR count). The lowest BCUT2D eigenvalue weighted by molar-refractivity contribution is -0.384. The highest BCUT2D eigenvalue weighted by Gasteiger charge is 2.46. The van der Waals surface area contributed by atoms with Crippen molar-refractivity contribution in [2.45, 2.75) is 37.5 Å². The Morgan fingerprint density at radius 1 is 1.30 bits per heavy atom. The molecule has 8 heteroatoms. The Morgan fingerprint density at radius 3 is 2.83 bits per heavy atom. The van der Waals surface area contributed by atoms with Crippen LogP contribution in [0.5, 0.6) is 0 Å². The number of urea groups is 1. The Morgan fingerprint density at radius 2 is 2.09 bits per heavy atom. The lowest BCUT2D eigenvalue weighted by atomic mass is 9.89. The molecule has 1 aromatic rings. The highest BCUT2D eigenvalue weighted by molar-refractivity contribution is 5.89. The molecule has 1 saturated heterocycles. The van der Waals surface area contributed by atoms with Gasteiger partial charge in [0, 0.05) is 24.2 Å². The van der Waals surface area contributed by atoms with Crippen LogP contribution >= 0.6 is 0 Å². The Labute approximate surface area is 133 Å². The molecule has 23 heavy (non-hydrogen) atoms. The number of carbonyl (C=O) groups excluding carboxylic acids is 1. The van der Waals surface area contributed by atoms with Gasteiger partial charge in [-0.05, 0) is 18.9 Å². The molecular formula is C15H19N3O5. The number of hydrogen-bond donors (Lipinski definition) is 2. The first kappa shape index (κ1) is 15.7. The van der Waals surface area contributed by atoms with Gasteiger partial charge in [-0.3, -0.25) is 10.1 Å². The van der Waals surface area contributed by atoms with E-state index in [-0.39, 0.29) is 11.7 Å². The highest BCUT2D eigenvalue weighted by Crippen LogP contribution is 2.36. The van der Waals surface area contributed by atoms with Gasteiger partial charge in [-0.25, -0.2) is 4.79 Å². The van der Waals surface area contributed by atoms with Gasteiger partial charge in [0.05, 0.1) is 24.2 Å². The van der Waals surface area contributed by atoms with E-state index < -0.39 is 16.7 Å². The summed E-state index contributed by atoms with van der Waals surface area (Å²) >= 11 is 0. The molecule has 2 fully saturated rings. The van der Waals surface area contributed by atoms with E-state index in [9.17, 15) is 14.9 Å². The van der Waals surface area contributed by atoms with E-state index in [0.717, 1.165) is 25.7 Å². The maximum atomic E-state index is 12.2. The standard InChI is InChI=1S/C15H19N3O5/c19-14(16-11-4-3-5-12(10-11)18(20)21)17-13-6-1-2-7-15(13)22-8-9-23-15/h3-5,10,13H,1-2,6-9H2,(H2,16,17,19)/t13-/m0/s1. The molecule has 2 N–H and O–H groups in total. The van der Waals surface area contributed by atoms with Gasteiger partial charge in [-0.2, -0.15) is 0 Å². The number of nitro benzene ring substituents is 1. The highest BCUT2D eigenvalue weighted by atomic mass is 16.7. The number of ether oxygens (including phenoxy) is 2. The topological polar surface area (TPSA) is 103 Å². The first-order chi connectivity index (χ1) is 11.1. The Balaban J connectivity index is 1.64. The smallest absolute Gasteiger partial charge is 0.319 e. The average molecular weight is 321 g/mol. The molecule has 1 heterocycles. The van der Waals surface area contributed by atoms with Crippen molar-refractivity contribution < 1.29 is 19.2 Å². The summed E-state index contributed by atoms with van der Waals surface area (Å²) in [5.41, 5.74) is 0.300. The first-order valence-corrected chi connectivity index (χ1v) is 7.69. The van der Waals surface area contributed by atoms with Crippen molar-refractivity contribution in [3.05, 3.63) is 34.4 Å². The van der Waals surface area contributed by atoms with Crippen molar-refractivity contribution in [3.63, 3.8) is 0 Å². The lowest BCUT2D eigenvalue weighted by Crippen LogP contribution is -2.56. The molecule has 1 spiro atoms. The molecule has 0 unspecified atom stereocenters. The predicted octanol–water partition coefficient (Wildman–Crippen LogP) is 2.40. The van der Waals surface area contributed by atoms with Gasteiger partial charge in [-0.15, -0.1) is 0 Å². The van der Waals surface area contributed by atoms with Crippen molar-refractivity contribution in [2.24, 2.45) is 0 Å². The third-order valence-electron chi connectivity index (χ3n) is 4.20. The van der Waals surface area contributed by atoms with E-state index in [1.807, 2.05) is 0 Å². The van der Waals surface area contributed by atoms with Gasteiger partial charge < -0.3 is 20.1 Å². The minimum Gasteiger partial charge on any atom is -0.346 e. The SMILES string of the molecule is O=C(Nc1cccc([N+](=O)[O-])c1)N[C@H]1CCCCC12OCCO2. The van der Waals surface area contributed by atoms with E-state index in [0.29, 0.717) is 18.9 Å². The summed E-state index contributed by atoms with van der Waals surface area (Å²) < 4.78 is 11.5. The summed E-state index contributed by atoms with van der Waals surface area (Å²) in [5.74, 6) is -0.724.